The van der Waals surface area contributed by atoms with Gasteiger partial charge in [0, 0.05) is 17.4 Å². The summed E-state index contributed by atoms with van der Waals surface area (Å²) in [4.78, 5) is 33.3. The Morgan fingerprint density at radius 3 is 2.67 bits per heavy atom. The molecule has 1 aromatic heterocycles. The first-order valence-electron chi connectivity index (χ1n) is 11.1. The zero-order valence-corrected chi connectivity index (χ0v) is 19.6. The zero-order valence-electron chi connectivity index (χ0n) is 19.6. The number of carbonyl (C=O) groups excluding carboxylic acids is 2. The highest BCUT2D eigenvalue weighted by Gasteiger charge is 2.24. The Bertz CT molecular complexity index is 1300. The molecule has 5 N–H and O–H groups in total. The zero-order chi connectivity index (χ0) is 25.7. The van der Waals surface area contributed by atoms with E-state index in [1.54, 1.807) is 42.5 Å². The fraction of sp³-hybridized carbons (Fsp3) is 0.200. The van der Waals surface area contributed by atoms with Gasteiger partial charge in [0.05, 0.1) is 11.7 Å². The van der Waals surface area contributed by atoms with E-state index < -0.39 is 23.8 Å². The summed E-state index contributed by atoms with van der Waals surface area (Å²) in [5.41, 5.74) is 12.1. The molecule has 1 atom stereocenters. The largest absolute Gasteiger partial charge is 0.487 e. The summed E-state index contributed by atoms with van der Waals surface area (Å²) in [6.07, 6.45) is 1.10. The number of rotatable bonds is 4. The van der Waals surface area contributed by atoms with Crippen LogP contribution in [-0.4, -0.2) is 35.5 Å². The topological polar surface area (TPSA) is 140 Å². The normalized spacial score (nSPS) is 16.2. The first-order valence-corrected chi connectivity index (χ1v) is 11.1. The fourth-order valence-corrected chi connectivity index (χ4v) is 3.45. The fourth-order valence-electron chi connectivity index (χ4n) is 3.45. The Morgan fingerprint density at radius 1 is 1.17 bits per heavy atom. The number of anilines is 1. The van der Waals surface area contributed by atoms with Crippen LogP contribution in [0.4, 0.5) is 10.1 Å². The van der Waals surface area contributed by atoms with Crippen molar-refractivity contribution in [2.45, 2.75) is 26.0 Å². The predicted molar refractivity (Wildman–Crippen MR) is 131 cm³/mol. The summed E-state index contributed by atoms with van der Waals surface area (Å²) in [6.45, 7) is 3.69. The number of nitrogens with one attached hydrogen (secondary N) is 3. The quantitative estimate of drug-likeness (QED) is 0.324. The summed E-state index contributed by atoms with van der Waals surface area (Å²) in [5, 5.41) is 3.14. The van der Waals surface area contributed by atoms with Crippen LogP contribution in [0.3, 0.4) is 0 Å². The lowest BCUT2D eigenvalue weighted by atomic mass is 10.0. The van der Waals surface area contributed by atoms with E-state index in [0.717, 1.165) is 0 Å². The molecule has 3 heterocycles. The van der Waals surface area contributed by atoms with E-state index in [0.29, 0.717) is 34.1 Å². The number of ether oxygens (including phenoxy) is 2. The van der Waals surface area contributed by atoms with Crippen molar-refractivity contribution in [3.63, 3.8) is 0 Å². The number of hydrogen-bond donors (Lipinski definition) is 4. The number of hydrazine groups is 1. The van der Waals surface area contributed by atoms with Crippen molar-refractivity contribution < 1.29 is 23.5 Å². The van der Waals surface area contributed by atoms with Gasteiger partial charge in [-0.3, -0.25) is 20.4 Å². The van der Waals surface area contributed by atoms with Crippen molar-refractivity contribution in [3.05, 3.63) is 83.4 Å². The number of amides is 2. The van der Waals surface area contributed by atoms with Crippen molar-refractivity contribution in [1.29, 1.82) is 0 Å². The molecule has 2 aromatic carbocycles. The van der Waals surface area contributed by atoms with Crippen LogP contribution in [0.25, 0.3) is 0 Å². The van der Waals surface area contributed by atoms with Gasteiger partial charge in [0.2, 0.25) is 5.95 Å². The molecule has 4 bridgehead atoms. The number of amidine groups is 1. The SMILES string of the molecule is CC(C)Oc1ccc2cc1OC/N=C(/N)c1ccc(cc1)NC2C(=O)NNC(=O)c1cccnc1F. The first kappa shape index (κ1) is 24.5. The number of carbonyl (C=O) groups is 2. The van der Waals surface area contributed by atoms with Crippen LogP contribution < -0.4 is 31.4 Å². The molecule has 1 unspecified atom stereocenters. The van der Waals surface area contributed by atoms with E-state index in [1.807, 2.05) is 13.8 Å². The third kappa shape index (κ3) is 5.69. The minimum Gasteiger partial charge on any atom is -0.487 e. The van der Waals surface area contributed by atoms with Gasteiger partial charge in [-0.1, -0.05) is 6.07 Å². The average molecular weight is 493 g/mol. The van der Waals surface area contributed by atoms with Crippen LogP contribution in [-0.2, 0) is 4.79 Å². The lowest BCUT2D eigenvalue weighted by Crippen LogP contribution is -2.45. The van der Waals surface area contributed by atoms with Crippen LogP contribution in [0.2, 0.25) is 0 Å². The van der Waals surface area contributed by atoms with Crippen LogP contribution in [0.15, 0.2) is 65.8 Å². The number of hydrogen-bond acceptors (Lipinski definition) is 8. The number of fused-ring (bicyclic) bond motifs is 5. The van der Waals surface area contributed by atoms with Gasteiger partial charge in [-0.15, -0.1) is 0 Å². The van der Waals surface area contributed by atoms with Crippen LogP contribution in [0, 0.1) is 5.95 Å². The lowest BCUT2D eigenvalue weighted by molar-refractivity contribution is -0.122. The highest BCUT2D eigenvalue weighted by molar-refractivity contribution is 5.98. The summed E-state index contributed by atoms with van der Waals surface area (Å²) < 4.78 is 25.5. The third-order valence-electron chi connectivity index (χ3n) is 5.18. The monoisotopic (exact) mass is 492 g/mol. The van der Waals surface area contributed by atoms with Gasteiger partial charge in [-0.25, -0.2) is 9.98 Å². The van der Waals surface area contributed by atoms with Gasteiger partial charge in [0.25, 0.3) is 11.8 Å². The van der Waals surface area contributed by atoms with Gasteiger partial charge in [-0.05, 0) is 67.9 Å². The molecule has 2 amide bonds. The highest BCUT2D eigenvalue weighted by atomic mass is 19.1. The summed E-state index contributed by atoms with van der Waals surface area (Å²) in [5.74, 6) is -1.28. The van der Waals surface area contributed by atoms with Gasteiger partial charge in [0.15, 0.2) is 18.2 Å². The molecule has 3 aromatic rings. The molecule has 0 saturated carbocycles. The molecular weight excluding hydrogens is 467 g/mol. The van der Waals surface area contributed by atoms with Crippen molar-refractivity contribution in [3.8, 4) is 11.5 Å². The number of aliphatic imine (C=N–C) groups is 1. The molecule has 10 nitrogen and oxygen atoms in total. The summed E-state index contributed by atoms with van der Waals surface area (Å²) in [6, 6.07) is 13.7. The number of nitrogens with two attached hydrogens (primary N) is 1. The van der Waals surface area contributed by atoms with Gasteiger partial charge >= 0.3 is 0 Å². The second-order valence-electron chi connectivity index (χ2n) is 8.13. The third-order valence-corrected chi connectivity index (χ3v) is 5.18. The van der Waals surface area contributed by atoms with Crippen LogP contribution >= 0.6 is 0 Å². The summed E-state index contributed by atoms with van der Waals surface area (Å²) >= 11 is 0. The molecule has 0 spiro atoms. The first-order chi connectivity index (χ1) is 17.3. The van der Waals surface area contributed by atoms with Crippen LogP contribution in [0.1, 0.15) is 41.4 Å². The van der Waals surface area contributed by atoms with Gasteiger partial charge in [0.1, 0.15) is 11.9 Å². The number of benzene rings is 2. The molecule has 0 fully saturated rings. The average Bonchev–Trinajstić information content (AvgIpc) is 2.87. The standard InChI is InChI=1S/C25H25FN6O4/c1-14(2)36-19-10-7-16-12-20(19)35-13-29-23(27)15-5-8-17(9-6-15)30-21(16)25(34)32-31-24(33)18-4-3-11-28-22(18)26/h3-12,14,21,30H,13H2,1-2H3,(H2,27,29)(H,31,33)(H,32,34). The molecule has 36 heavy (non-hydrogen) atoms. The van der Waals surface area contributed by atoms with Crippen molar-refractivity contribution >= 4 is 23.3 Å². The molecule has 186 valence electrons. The number of pyridine rings is 1. The van der Waals surface area contributed by atoms with E-state index in [4.69, 9.17) is 15.2 Å². The summed E-state index contributed by atoms with van der Waals surface area (Å²) in [7, 11) is 0. The van der Waals surface area contributed by atoms with E-state index in [9.17, 15) is 14.0 Å². The Morgan fingerprint density at radius 2 is 1.94 bits per heavy atom. The van der Waals surface area contributed by atoms with Crippen LogP contribution in [0.5, 0.6) is 11.5 Å². The maximum atomic E-state index is 13.8. The number of aromatic nitrogens is 1. The lowest BCUT2D eigenvalue weighted by Gasteiger charge is -2.22. The Kier molecular flexibility index (Phi) is 7.28. The minimum absolute atomic E-state index is 0.0669. The van der Waals surface area contributed by atoms with Gasteiger partial charge < -0.3 is 20.5 Å². The highest BCUT2D eigenvalue weighted by Crippen LogP contribution is 2.33. The number of nitrogens with zero attached hydrogens (tertiary/aromatic N) is 2. The maximum absolute atomic E-state index is 13.8. The molecule has 2 aliphatic heterocycles. The van der Waals surface area contributed by atoms with E-state index in [-0.39, 0.29) is 18.4 Å². The Labute approximate surface area is 206 Å². The van der Waals surface area contributed by atoms with Crippen molar-refractivity contribution in [2.75, 3.05) is 12.0 Å². The van der Waals surface area contributed by atoms with E-state index >= 15 is 0 Å². The van der Waals surface area contributed by atoms with E-state index in [1.165, 1.54) is 18.3 Å². The smallest absolute Gasteiger partial charge is 0.274 e. The molecule has 2 aliphatic rings. The Hall–Kier alpha value is -4.67. The molecule has 0 aliphatic carbocycles. The number of halogens is 1. The molecular formula is C25H25FN6O4. The van der Waals surface area contributed by atoms with E-state index in [2.05, 4.69) is 26.1 Å². The molecule has 0 radical (unpaired) electrons. The van der Waals surface area contributed by atoms with Crippen molar-refractivity contribution in [2.24, 2.45) is 10.7 Å². The molecule has 5 rings (SSSR count). The maximum Gasteiger partial charge on any atom is 0.274 e. The molecule has 0 saturated heterocycles. The second-order valence-corrected chi connectivity index (χ2v) is 8.13. The van der Waals surface area contributed by atoms with Gasteiger partial charge in [-0.2, -0.15) is 4.39 Å². The Balaban J connectivity index is 1.65. The van der Waals surface area contributed by atoms with Crippen molar-refractivity contribution in [1.82, 2.24) is 15.8 Å². The molecule has 11 heteroatoms. The predicted octanol–water partition coefficient (Wildman–Crippen LogP) is 2.68. The second kappa shape index (κ2) is 10.7. The minimum atomic E-state index is -0.968.